The molecule has 0 spiro atoms. The zero-order chi connectivity index (χ0) is 25.5. The fraction of sp³-hybridized carbons (Fsp3) is 0.346. The summed E-state index contributed by atoms with van der Waals surface area (Å²) in [6.45, 7) is 3.47. The standard InChI is InChI=1S/C26H28ClIO6S/c1-5-6-7-8-22(28)34-23-20-14-13-19(35(30)18-11-9-17(27)10-12-18)15-21(20)24(33-16(2)29)26(32-4)25(23)31-3/h9-15,22H,5-8H2,1-4H3. The number of hydrogen-bond donors (Lipinski definition) is 0. The van der Waals surface area contributed by atoms with Gasteiger partial charge >= 0.3 is 5.97 Å². The summed E-state index contributed by atoms with van der Waals surface area (Å²) in [5.74, 6) is 0.716. The number of halogens is 2. The van der Waals surface area contributed by atoms with Crippen molar-refractivity contribution >= 4 is 61.7 Å². The van der Waals surface area contributed by atoms with Gasteiger partial charge in [0.25, 0.3) is 0 Å². The van der Waals surface area contributed by atoms with E-state index in [-0.39, 0.29) is 15.6 Å². The second-order valence-electron chi connectivity index (χ2n) is 7.77. The van der Waals surface area contributed by atoms with Crippen LogP contribution in [0.25, 0.3) is 10.8 Å². The summed E-state index contributed by atoms with van der Waals surface area (Å²) >= 11 is 8.25. The van der Waals surface area contributed by atoms with Gasteiger partial charge < -0.3 is 18.9 Å². The van der Waals surface area contributed by atoms with Crippen LogP contribution in [0.15, 0.2) is 52.3 Å². The van der Waals surface area contributed by atoms with Crippen molar-refractivity contribution < 1.29 is 28.0 Å². The Morgan fingerprint density at radius 2 is 1.57 bits per heavy atom. The molecular formula is C26H28ClIO6S. The predicted octanol–water partition coefficient (Wildman–Crippen LogP) is 7.32. The average molecular weight is 631 g/mol. The molecule has 0 radical (unpaired) electrons. The van der Waals surface area contributed by atoms with Gasteiger partial charge in [0, 0.05) is 32.5 Å². The zero-order valence-corrected chi connectivity index (χ0v) is 23.8. The minimum Gasteiger partial charge on any atom is -0.490 e. The Bertz CT molecular complexity index is 1210. The largest absolute Gasteiger partial charge is 0.490 e. The second kappa shape index (κ2) is 12.8. The molecule has 3 rings (SSSR count). The molecule has 0 N–H and O–H groups in total. The van der Waals surface area contributed by atoms with Gasteiger partial charge in [-0.25, -0.2) is 4.21 Å². The first-order valence-electron chi connectivity index (χ1n) is 11.2. The number of methoxy groups -OCH3 is 2. The third-order valence-corrected chi connectivity index (χ3v) is 7.79. The summed E-state index contributed by atoms with van der Waals surface area (Å²) in [5.41, 5.74) is 0. The van der Waals surface area contributed by atoms with Gasteiger partial charge in [-0.1, -0.05) is 31.4 Å². The van der Waals surface area contributed by atoms with E-state index in [2.05, 4.69) is 29.5 Å². The SMILES string of the molecule is CCCCCC(I)Oc1c(OC)c(OC)c(OC(C)=O)c2cc(S(=O)c3ccc(Cl)cc3)ccc12. The summed E-state index contributed by atoms with van der Waals surface area (Å²) in [6, 6.07) is 12.1. The van der Waals surface area contributed by atoms with E-state index in [0.717, 1.165) is 25.7 Å². The fourth-order valence-corrected chi connectivity index (χ4v) is 5.54. The molecule has 0 aromatic heterocycles. The highest BCUT2D eigenvalue weighted by Crippen LogP contribution is 2.52. The van der Waals surface area contributed by atoms with Crippen molar-refractivity contribution in [3.8, 4) is 23.0 Å². The molecule has 0 amide bonds. The van der Waals surface area contributed by atoms with Crippen LogP contribution in [0.2, 0.25) is 5.02 Å². The molecule has 2 atom stereocenters. The Morgan fingerprint density at radius 1 is 0.943 bits per heavy atom. The van der Waals surface area contributed by atoms with E-state index in [1.165, 1.54) is 21.1 Å². The van der Waals surface area contributed by atoms with Gasteiger partial charge in [-0.05, 0) is 77.9 Å². The van der Waals surface area contributed by atoms with Gasteiger partial charge in [-0.3, -0.25) is 4.79 Å². The van der Waals surface area contributed by atoms with Crippen LogP contribution in [0.3, 0.4) is 0 Å². The molecule has 0 fully saturated rings. The molecule has 3 aromatic rings. The molecule has 0 saturated carbocycles. The van der Waals surface area contributed by atoms with Crippen LogP contribution in [0.5, 0.6) is 23.0 Å². The Labute approximate surface area is 226 Å². The normalized spacial score (nSPS) is 12.7. The molecule has 0 aliphatic heterocycles. The fourth-order valence-electron chi connectivity index (χ4n) is 3.64. The summed E-state index contributed by atoms with van der Waals surface area (Å²) in [5, 5.41) is 1.75. The number of benzene rings is 3. The van der Waals surface area contributed by atoms with Gasteiger partial charge in [0.15, 0.2) is 11.5 Å². The minimum absolute atomic E-state index is 0.108. The van der Waals surface area contributed by atoms with Gasteiger partial charge in [0.2, 0.25) is 11.5 Å². The van der Waals surface area contributed by atoms with E-state index in [9.17, 15) is 9.00 Å². The van der Waals surface area contributed by atoms with E-state index in [1.807, 2.05) is 0 Å². The van der Waals surface area contributed by atoms with Crippen LogP contribution in [0.4, 0.5) is 0 Å². The lowest BCUT2D eigenvalue weighted by atomic mass is 10.1. The first kappa shape index (κ1) is 27.5. The number of alkyl halides is 1. The van der Waals surface area contributed by atoms with E-state index < -0.39 is 16.8 Å². The van der Waals surface area contributed by atoms with Crippen molar-refractivity contribution in [3.05, 3.63) is 47.5 Å². The maximum absolute atomic E-state index is 13.3. The van der Waals surface area contributed by atoms with E-state index in [4.69, 9.17) is 30.5 Å². The molecule has 6 nitrogen and oxygen atoms in total. The maximum atomic E-state index is 13.3. The van der Waals surface area contributed by atoms with Crippen LogP contribution >= 0.6 is 34.2 Å². The summed E-state index contributed by atoms with van der Waals surface area (Å²) in [4.78, 5) is 13.1. The van der Waals surface area contributed by atoms with Crippen molar-refractivity contribution in [3.63, 3.8) is 0 Å². The highest BCUT2D eigenvalue weighted by molar-refractivity contribution is 14.1. The molecule has 0 aliphatic rings. The van der Waals surface area contributed by atoms with Crippen molar-refractivity contribution in [2.24, 2.45) is 0 Å². The molecule has 188 valence electrons. The first-order valence-corrected chi connectivity index (χ1v) is 14.0. The zero-order valence-electron chi connectivity index (χ0n) is 20.1. The number of ether oxygens (including phenoxy) is 4. The van der Waals surface area contributed by atoms with E-state index in [1.54, 1.807) is 42.5 Å². The lowest BCUT2D eigenvalue weighted by molar-refractivity contribution is -0.131. The van der Waals surface area contributed by atoms with Crippen LogP contribution < -0.4 is 18.9 Å². The molecule has 0 aliphatic carbocycles. The number of unbranched alkanes of at least 4 members (excludes halogenated alkanes) is 2. The van der Waals surface area contributed by atoms with Crippen LogP contribution in [0, 0.1) is 0 Å². The minimum atomic E-state index is -1.48. The molecule has 0 saturated heterocycles. The molecule has 3 aromatic carbocycles. The average Bonchev–Trinajstić information content (AvgIpc) is 2.84. The highest BCUT2D eigenvalue weighted by atomic mass is 127. The number of esters is 1. The second-order valence-corrected chi connectivity index (χ2v) is 11.1. The van der Waals surface area contributed by atoms with Crippen LogP contribution in [-0.4, -0.2) is 28.5 Å². The first-order chi connectivity index (χ1) is 16.8. The lowest BCUT2D eigenvalue weighted by Crippen LogP contribution is -2.11. The van der Waals surface area contributed by atoms with Gasteiger partial charge in [0.05, 0.1) is 25.0 Å². The van der Waals surface area contributed by atoms with E-state index >= 15 is 0 Å². The number of carbonyl (C=O) groups is 1. The Kier molecular flexibility index (Phi) is 10.1. The Hall–Kier alpha value is -2.04. The maximum Gasteiger partial charge on any atom is 0.308 e. The van der Waals surface area contributed by atoms with Gasteiger partial charge in [-0.2, -0.15) is 0 Å². The molecule has 0 bridgehead atoms. The molecule has 9 heteroatoms. The van der Waals surface area contributed by atoms with Gasteiger partial charge in [-0.15, -0.1) is 0 Å². The number of fused-ring (bicyclic) bond motifs is 1. The Balaban J connectivity index is 2.19. The number of hydrogen-bond acceptors (Lipinski definition) is 6. The smallest absolute Gasteiger partial charge is 0.308 e. The third-order valence-electron chi connectivity index (χ3n) is 5.28. The van der Waals surface area contributed by atoms with Crippen molar-refractivity contribution in [1.82, 2.24) is 0 Å². The van der Waals surface area contributed by atoms with Crippen LogP contribution in [0.1, 0.15) is 39.5 Å². The molecular weight excluding hydrogens is 603 g/mol. The summed E-state index contributed by atoms with van der Waals surface area (Å²) in [6.07, 6.45) is 4.15. The lowest BCUT2D eigenvalue weighted by Gasteiger charge is -2.22. The predicted molar refractivity (Wildman–Crippen MR) is 147 cm³/mol. The summed E-state index contributed by atoms with van der Waals surface area (Å²) < 4.78 is 36.4. The van der Waals surface area contributed by atoms with E-state index in [0.29, 0.717) is 37.1 Å². The van der Waals surface area contributed by atoms with Crippen molar-refractivity contribution in [1.29, 1.82) is 0 Å². The Morgan fingerprint density at radius 3 is 2.17 bits per heavy atom. The highest BCUT2D eigenvalue weighted by Gasteiger charge is 2.27. The quantitative estimate of drug-likeness (QED) is 0.0727. The van der Waals surface area contributed by atoms with Crippen molar-refractivity contribution in [2.45, 2.75) is 53.4 Å². The summed E-state index contributed by atoms with van der Waals surface area (Å²) in [7, 11) is 1.50. The monoisotopic (exact) mass is 630 g/mol. The third kappa shape index (κ3) is 6.59. The van der Waals surface area contributed by atoms with Crippen LogP contribution in [-0.2, 0) is 15.6 Å². The molecule has 2 unspecified atom stereocenters. The van der Waals surface area contributed by atoms with Crippen molar-refractivity contribution in [2.75, 3.05) is 14.2 Å². The molecule has 0 heterocycles. The number of carbonyl (C=O) groups excluding carboxylic acids is 1. The number of rotatable bonds is 11. The van der Waals surface area contributed by atoms with Gasteiger partial charge in [0.1, 0.15) is 4.11 Å². The topological polar surface area (TPSA) is 71.1 Å². The molecule has 35 heavy (non-hydrogen) atoms.